The number of fused-ring (bicyclic) bond motifs is 3. The van der Waals surface area contributed by atoms with Gasteiger partial charge in [-0.15, -0.1) is 11.3 Å². The largest absolute Gasteiger partial charge is 0.357 e. The first-order chi connectivity index (χ1) is 12.2. The van der Waals surface area contributed by atoms with E-state index in [2.05, 4.69) is 44.9 Å². The minimum absolute atomic E-state index is 0.158. The molecule has 26 heavy (non-hydrogen) atoms. The summed E-state index contributed by atoms with van der Waals surface area (Å²) in [6.07, 6.45) is 0.848. The van der Waals surface area contributed by atoms with Crippen LogP contribution >= 0.6 is 27.3 Å². The summed E-state index contributed by atoms with van der Waals surface area (Å²) in [6.45, 7) is 5.62. The molecule has 1 aliphatic rings. The number of H-pyrrole nitrogens is 1. The van der Waals surface area contributed by atoms with Gasteiger partial charge in [0, 0.05) is 34.1 Å². The third-order valence-electron chi connectivity index (χ3n) is 5.01. The molecule has 0 spiro atoms. The van der Waals surface area contributed by atoms with E-state index in [1.165, 1.54) is 22.3 Å². The zero-order chi connectivity index (χ0) is 18.6. The number of hydrogen-bond donors (Lipinski definition) is 1. The van der Waals surface area contributed by atoms with Crippen LogP contribution in [0.5, 0.6) is 0 Å². The van der Waals surface area contributed by atoms with Crippen LogP contribution in [0.3, 0.4) is 0 Å². The maximum absolute atomic E-state index is 14.6. The first kappa shape index (κ1) is 18.1. The fourth-order valence-electron chi connectivity index (χ4n) is 3.99. The zero-order valence-electron chi connectivity index (χ0n) is 14.9. The molecular weight excluding hydrogens is 418 g/mol. The lowest BCUT2D eigenvalue weighted by Gasteiger charge is -2.42. The lowest BCUT2D eigenvalue weighted by Crippen LogP contribution is -2.47. The van der Waals surface area contributed by atoms with Crippen molar-refractivity contribution in [2.75, 3.05) is 6.54 Å². The van der Waals surface area contributed by atoms with Gasteiger partial charge in [0.2, 0.25) is 0 Å². The van der Waals surface area contributed by atoms with Crippen LogP contribution in [-0.4, -0.2) is 28.1 Å². The Morgan fingerprint density at radius 1 is 1.35 bits per heavy atom. The molecule has 2 atom stereocenters. The summed E-state index contributed by atoms with van der Waals surface area (Å²) in [6, 6.07) is 9.77. The first-order valence-corrected chi connectivity index (χ1v) is 10.3. The molecule has 138 valence electrons. The van der Waals surface area contributed by atoms with Crippen LogP contribution < -0.4 is 0 Å². The Morgan fingerprint density at radius 2 is 2.08 bits per heavy atom. The predicted molar refractivity (Wildman–Crippen MR) is 107 cm³/mol. The molecule has 0 bridgehead atoms. The molecule has 3 heterocycles. The molecule has 1 aliphatic heterocycles. The Kier molecular flexibility index (Phi) is 4.48. The molecule has 2 aromatic heterocycles. The number of aromatic amines is 1. The summed E-state index contributed by atoms with van der Waals surface area (Å²) in [5.41, 5.74) is 2.06. The molecule has 0 saturated heterocycles. The SMILES string of the molecule is C[C@@H]1Cc2c([nH]c3ccccc23)[C@@H](c2cc(F)c(Br)s2)N1CC(C)(C)F. The molecule has 0 aliphatic carbocycles. The number of halogens is 3. The summed E-state index contributed by atoms with van der Waals surface area (Å²) in [7, 11) is 0. The highest BCUT2D eigenvalue weighted by molar-refractivity contribution is 9.11. The second kappa shape index (κ2) is 6.43. The van der Waals surface area contributed by atoms with Crippen LogP contribution in [-0.2, 0) is 6.42 Å². The van der Waals surface area contributed by atoms with Crippen molar-refractivity contribution in [3.05, 3.63) is 56.1 Å². The Bertz CT molecular complexity index is 937. The molecule has 6 heteroatoms. The summed E-state index contributed by atoms with van der Waals surface area (Å²) in [4.78, 5) is 6.58. The van der Waals surface area contributed by atoms with Crippen molar-refractivity contribution in [2.24, 2.45) is 0 Å². The Balaban J connectivity index is 1.91. The van der Waals surface area contributed by atoms with Crippen molar-refractivity contribution in [3.8, 4) is 0 Å². The predicted octanol–water partition coefficient (Wildman–Crippen LogP) is 6.22. The van der Waals surface area contributed by atoms with E-state index in [0.717, 1.165) is 22.5 Å². The van der Waals surface area contributed by atoms with Crippen molar-refractivity contribution in [1.29, 1.82) is 0 Å². The Labute approximate surface area is 164 Å². The van der Waals surface area contributed by atoms with Crippen molar-refractivity contribution in [1.82, 2.24) is 9.88 Å². The van der Waals surface area contributed by atoms with Crippen LogP contribution in [0.15, 0.2) is 34.1 Å². The van der Waals surface area contributed by atoms with Gasteiger partial charge in [0.1, 0.15) is 15.3 Å². The van der Waals surface area contributed by atoms with Gasteiger partial charge in [-0.1, -0.05) is 18.2 Å². The highest BCUT2D eigenvalue weighted by atomic mass is 79.9. The Hall–Kier alpha value is -1.24. The number of para-hydroxylation sites is 1. The minimum Gasteiger partial charge on any atom is -0.357 e. The van der Waals surface area contributed by atoms with Crippen molar-refractivity contribution in [2.45, 2.75) is 44.9 Å². The molecule has 0 fully saturated rings. The van der Waals surface area contributed by atoms with Gasteiger partial charge in [0.05, 0.1) is 6.04 Å². The quantitative estimate of drug-likeness (QED) is 0.514. The van der Waals surface area contributed by atoms with E-state index in [4.69, 9.17) is 0 Å². The number of hydrogen-bond acceptors (Lipinski definition) is 2. The Morgan fingerprint density at radius 3 is 2.73 bits per heavy atom. The first-order valence-electron chi connectivity index (χ1n) is 8.73. The second-order valence-corrected chi connectivity index (χ2v) is 10.1. The summed E-state index contributed by atoms with van der Waals surface area (Å²) < 4.78 is 29.2. The van der Waals surface area contributed by atoms with Gasteiger partial charge in [0.25, 0.3) is 0 Å². The third kappa shape index (κ3) is 3.12. The maximum atomic E-state index is 14.6. The van der Waals surface area contributed by atoms with Crippen molar-refractivity contribution < 1.29 is 8.78 Å². The van der Waals surface area contributed by atoms with Gasteiger partial charge in [-0.25, -0.2) is 8.78 Å². The van der Waals surface area contributed by atoms with Crippen LogP contribution in [0.2, 0.25) is 0 Å². The van der Waals surface area contributed by atoms with Crippen LogP contribution in [0, 0.1) is 5.82 Å². The molecule has 2 nitrogen and oxygen atoms in total. The van der Waals surface area contributed by atoms with Gasteiger partial charge in [-0.05, 0) is 60.8 Å². The number of alkyl halides is 1. The summed E-state index contributed by atoms with van der Waals surface area (Å²) in [5.74, 6) is -0.264. The van der Waals surface area contributed by atoms with Crippen LogP contribution in [0.1, 0.15) is 42.9 Å². The van der Waals surface area contributed by atoms with Gasteiger partial charge < -0.3 is 4.98 Å². The van der Waals surface area contributed by atoms with Crippen molar-refractivity contribution in [3.63, 3.8) is 0 Å². The van der Waals surface area contributed by atoms with Crippen molar-refractivity contribution >= 4 is 38.2 Å². The molecule has 0 unspecified atom stereocenters. The molecule has 0 radical (unpaired) electrons. The average Bonchev–Trinajstić information content (AvgIpc) is 3.07. The number of thiophene rings is 1. The highest BCUT2D eigenvalue weighted by Crippen LogP contribution is 2.44. The van der Waals surface area contributed by atoms with Gasteiger partial charge in [0.15, 0.2) is 0 Å². The van der Waals surface area contributed by atoms with Gasteiger partial charge in [-0.3, -0.25) is 4.90 Å². The lowest BCUT2D eigenvalue weighted by atomic mass is 9.90. The fourth-order valence-corrected chi connectivity index (χ4v) is 5.56. The fraction of sp³-hybridized carbons (Fsp3) is 0.400. The molecule has 0 amide bonds. The molecule has 0 saturated carbocycles. The number of benzene rings is 1. The van der Waals surface area contributed by atoms with E-state index in [1.54, 1.807) is 19.9 Å². The van der Waals surface area contributed by atoms with Gasteiger partial charge >= 0.3 is 0 Å². The standard InChI is InChI=1S/C20H21BrF2N2S/c1-11-8-13-12-6-4-5-7-15(12)24-17(13)18(25(11)10-20(2,3)23)16-9-14(22)19(21)26-16/h4-7,9,11,18,24H,8,10H2,1-3H3/t11-,18-/m1/s1. The third-order valence-corrected chi connectivity index (χ3v) is 6.83. The summed E-state index contributed by atoms with van der Waals surface area (Å²) in [5, 5.41) is 1.20. The number of nitrogens with zero attached hydrogens (tertiary/aromatic N) is 1. The number of nitrogens with one attached hydrogen (secondary N) is 1. The van der Waals surface area contributed by atoms with Crippen LogP contribution in [0.25, 0.3) is 10.9 Å². The molecule has 1 N–H and O–H groups in total. The number of aromatic nitrogens is 1. The van der Waals surface area contributed by atoms with E-state index in [-0.39, 0.29) is 17.9 Å². The average molecular weight is 439 g/mol. The number of rotatable bonds is 3. The monoisotopic (exact) mass is 438 g/mol. The normalized spacial score (nSPS) is 21.3. The van der Waals surface area contributed by atoms with Crippen LogP contribution in [0.4, 0.5) is 8.78 Å². The van der Waals surface area contributed by atoms with E-state index in [1.807, 2.05) is 12.1 Å². The van der Waals surface area contributed by atoms with E-state index in [9.17, 15) is 8.78 Å². The molecular formula is C20H21BrF2N2S. The smallest absolute Gasteiger partial charge is 0.148 e. The second-order valence-electron chi connectivity index (χ2n) is 7.68. The van der Waals surface area contributed by atoms with E-state index in [0.29, 0.717) is 10.3 Å². The van der Waals surface area contributed by atoms with Gasteiger partial charge in [-0.2, -0.15) is 0 Å². The molecule has 1 aromatic carbocycles. The topological polar surface area (TPSA) is 19.0 Å². The molecule has 3 aromatic rings. The van der Waals surface area contributed by atoms with E-state index < -0.39 is 5.67 Å². The maximum Gasteiger partial charge on any atom is 0.148 e. The lowest BCUT2D eigenvalue weighted by molar-refractivity contribution is 0.0678. The highest BCUT2D eigenvalue weighted by Gasteiger charge is 2.39. The zero-order valence-corrected chi connectivity index (χ0v) is 17.3. The molecule has 4 rings (SSSR count). The summed E-state index contributed by atoms with van der Waals surface area (Å²) >= 11 is 4.68. The minimum atomic E-state index is -1.33. The van der Waals surface area contributed by atoms with E-state index >= 15 is 0 Å².